The molecule has 0 atom stereocenters. The van der Waals surface area contributed by atoms with Crippen molar-refractivity contribution in [2.24, 2.45) is 0 Å². The molecule has 0 aliphatic carbocycles. The van der Waals surface area contributed by atoms with E-state index in [9.17, 15) is 5.26 Å². The fourth-order valence-corrected chi connectivity index (χ4v) is 7.48. The zero-order valence-electron chi connectivity index (χ0n) is 27.3. The summed E-state index contributed by atoms with van der Waals surface area (Å²) in [6.07, 6.45) is 0. The van der Waals surface area contributed by atoms with Gasteiger partial charge in [-0.1, -0.05) is 121 Å². The molecule has 0 aliphatic heterocycles. The van der Waals surface area contributed by atoms with Crippen LogP contribution in [0.4, 0.5) is 0 Å². The van der Waals surface area contributed by atoms with Gasteiger partial charge >= 0.3 is 0 Å². The van der Waals surface area contributed by atoms with Gasteiger partial charge in [0, 0.05) is 32.8 Å². The molecule has 10 rings (SSSR count). The summed E-state index contributed by atoms with van der Waals surface area (Å²) in [5.74, 6) is 1.81. The van der Waals surface area contributed by atoms with E-state index in [2.05, 4.69) is 150 Å². The van der Waals surface area contributed by atoms with Crippen molar-refractivity contribution >= 4 is 54.1 Å². The number of hydrogen-bond donors (Lipinski definition) is 0. The molecule has 5 nitrogen and oxygen atoms in total. The van der Waals surface area contributed by atoms with Crippen molar-refractivity contribution in [2.75, 3.05) is 0 Å². The normalized spacial score (nSPS) is 11.5. The van der Waals surface area contributed by atoms with Crippen molar-refractivity contribution in [1.82, 2.24) is 19.5 Å². The van der Waals surface area contributed by atoms with Gasteiger partial charge in [-0.15, -0.1) is 0 Å². The molecule has 0 bridgehead atoms. The van der Waals surface area contributed by atoms with Crippen LogP contribution in [0.15, 0.2) is 164 Å². The van der Waals surface area contributed by atoms with E-state index >= 15 is 0 Å². The van der Waals surface area contributed by atoms with Crippen LogP contribution >= 0.6 is 0 Å². The Labute approximate surface area is 293 Å². The number of rotatable bonds is 4. The summed E-state index contributed by atoms with van der Waals surface area (Å²) in [5.41, 5.74) is 6.53. The smallest absolute Gasteiger partial charge is 0.164 e. The molecule has 0 fully saturated rings. The first-order chi connectivity index (χ1) is 25.2. The predicted molar refractivity (Wildman–Crippen MR) is 208 cm³/mol. The van der Waals surface area contributed by atoms with Crippen LogP contribution in [0.3, 0.4) is 0 Å². The van der Waals surface area contributed by atoms with Gasteiger partial charge in [-0.05, 0) is 69.4 Å². The van der Waals surface area contributed by atoms with Crippen LogP contribution in [0.5, 0.6) is 0 Å². The lowest BCUT2D eigenvalue weighted by molar-refractivity contribution is 1.08. The third-order valence-corrected chi connectivity index (χ3v) is 9.86. The van der Waals surface area contributed by atoms with Gasteiger partial charge in [0.2, 0.25) is 0 Å². The number of hydrogen-bond acceptors (Lipinski definition) is 4. The summed E-state index contributed by atoms with van der Waals surface area (Å²) in [4.78, 5) is 15.5. The second-order valence-corrected chi connectivity index (χ2v) is 12.8. The topological polar surface area (TPSA) is 67.4 Å². The molecule has 0 saturated heterocycles. The summed E-state index contributed by atoms with van der Waals surface area (Å²) in [5, 5.41) is 18.7. The number of nitriles is 1. The number of fused-ring (bicyclic) bond motifs is 6. The Balaban J connectivity index is 1.25. The van der Waals surface area contributed by atoms with Crippen LogP contribution in [-0.4, -0.2) is 19.5 Å². The maximum atomic E-state index is 9.91. The van der Waals surface area contributed by atoms with Crippen LogP contribution in [0.2, 0.25) is 0 Å². The minimum Gasteiger partial charge on any atom is -0.309 e. The molecule has 2 heterocycles. The minimum absolute atomic E-state index is 0.584. The molecule has 10 aromatic rings. The predicted octanol–water partition coefficient (Wildman–Crippen LogP) is 11.3. The Bertz CT molecular complexity index is 2940. The van der Waals surface area contributed by atoms with Crippen molar-refractivity contribution in [3.05, 3.63) is 169 Å². The lowest BCUT2D eigenvalue weighted by Gasteiger charge is -2.13. The van der Waals surface area contributed by atoms with Crippen LogP contribution in [-0.2, 0) is 0 Å². The number of aromatic nitrogens is 4. The molecule has 8 aromatic carbocycles. The third-order valence-electron chi connectivity index (χ3n) is 9.86. The molecule has 236 valence electrons. The van der Waals surface area contributed by atoms with E-state index in [-0.39, 0.29) is 0 Å². The van der Waals surface area contributed by atoms with Gasteiger partial charge in [0.25, 0.3) is 0 Å². The Morgan fingerprint density at radius 2 is 0.902 bits per heavy atom. The van der Waals surface area contributed by atoms with Crippen molar-refractivity contribution in [1.29, 1.82) is 5.26 Å². The molecule has 0 amide bonds. The van der Waals surface area contributed by atoms with Gasteiger partial charge in [0.1, 0.15) is 0 Å². The molecule has 0 spiro atoms. The summed E-state index contributed by atoms with van der Waals surface area (Å²) in [7, 11) is 0. The molecule has 2 aromatic heterocycles. The van der Waals surface area contributed by atoms with Gasteiger partial charge < -0.3 is 4.57 Å². The van der Waals surface area contributed by atoms with E-state index in [4.69, 9.17) is 15.0 Å². The van der Waals surface area contributed by atoms with Gasteiger partial charge in [-0.2, -0.15) is 5.26 Å². The second-order valence-electron chi connectivity index (χ2n) is 12.8. The lowest BCUT2D eigenvalue weighted by atomic mass is 10.0. The quantitative estimate of drug-likeness (QED) is 0.190. The summed E-state index contributed by atoms with van der Waals surface area (Å²) in [6, 6.07) is 58.7. The van der Waals surface area contributed by atoms with E-state index in [0.717, 1.165) is 71.1 Å². The average Bonchev–Trinajstić information content (AvgIpc) is 3.52. The molecule has 0 unspecified atom stereocenters. The van der Waals surface area contributed by atoms with Crippen LogP contribution < -0.4 is 0 Å². The van der Waals surface area contributed by atoms with Crippen molar-refractivity contribution < 1.29 is 0 Å². The standard InChI is InChI=1S/C46H27N5/c47-28-29-22-24-42-39(26-29)40-27-33(23-25-43(40)51(42)41-21-9-15-32-12-3-6-18-36(32)41)44-48-45(37-19-7-13-30-10-1-4-16-34(30)37)50-46(49-44)38-20-8-14-31-11-2-5-17-35(31)38/h1-27H. The molecule has 0 N–H and O–H groups in total. The number of benzene rings is 8. The first-order valence-electron chi connectivity index (χ1n) is 16.9. The number of nitrogens with zero attached hydrogens (tertiary/aromatic N) is 5. The third kappa shape index (κ3) is 4.66. The Kier molecular flexibility index (Phi) is 6.48. The van der Waals surface area contributed by atoms with E-state index in [1.807, 2.05) is 24.3 Å². The molecule has 51 heavy (non-hydrogen) atoms. The first-order valence-corrected chi connectivity index (χ1v) is 16.9. The van der Waals surface area contributed by atoms with Crippen molar-refractivity contribution in [3.8, 4) is 45.9 Å². The zero-order chi connectivity index (χ0) is 33.9. The first kappa shape index (κ1) is 28.8. The molecule has 5 heteroatoms. The average molecular weight is 650 g/mol. The molecule has 0 radical (unpaired) electrons. The van der Waals surface area contributed by atoms with Crippen LogP contribution in [0.1, 0.15) is 5.56 Å². The molecular weight excluding hydrogens is 623 g/mol. The minimum atomic E-state index is 0.584. The summed E-state index contributed by atoms with van der Waals surface area (Å²) < 4.78 is 2.30. The highest BCUT2D eigenvalue weighted by atomic mass is 15.0. The lowest BCUT2D eigenvalue weighted by Crippen LogP contribution is -2.01. The highest BCUT2D eigenvalue weighted by Gasteiger charge is 2.19. The maximum Gasteiger partial charge on any atom is 0.164 e. The summed E-state index contributed by atoms with van der Waals surface area (Å²) in [6.45, 7) is 0. The van der Waals surface area contributed by atoms with Crippen molar-refractivity contribution in [3.63, 3.8) is 0 Å². The summed E-state index contributed by atoms with van der Waals surface area (Å²) >= 11 is 0. The Morgan fingerprint density at radius 1 is 0.412 bits per heavy atom. The highest BCUT2D eigenvalue weighted by molar-refractivity contribution is 6.12. The fraction of sp³-hybridized carbons (Fsp3) is 0. The van der Waals surface area contributed by atoms with E-state index in [0.29, 0.717) is 23.0 Å². The van der Waals surface area contributed by atoms with Crippen LogP contribution in [0, 0.1) is 11.3 Å². The van der Waals surface area contributed by atoms with Crippen LogP contribution in [0.25, 0.3) is 94.0 Å². The van der Waals surface area contributed by atoms with Gasteiger partial charge in [0.15, 0.2) is 17.5 Å². The SMILES string of the molecule is N#Cc1ccc2c(c1)c1cc(-c3nc(-c4cccc5ccccc45)nc(-c4cccc5ccccc45)n3)ccc1n2-c1cccc2ccccc12. The van der Waals surface area contributed by atoms with Gasteiger partial charge in [0.05, 0.1) is 28.4 Å². The largest absolute Gasteiger partial charge is 0.309 e. The second kappa shape index (κ2) is 11.5. The van der Waals surface area contributed by atoms with E-state index in [1.54, 1.807) is 0 Å². The van der Waals surface area contributed by atoms with Crippen molar-refractivity contribution in [2.45, 2.75) is 0 Å². The fourth-order valence-electron chi connectivity index (χ4n) is 7.48. The van der Waals surface area contributed by atoms with Gasteiger partial charge in [-0.25, -0.2) is 15.0 Å². The maximum absolute atomic E-state index is 9.91. The van der Waals surface area contributed by atoms with Gasteiger partial charge in [-0.3, -0.25) is 0 Å². The highest BCUT2D eigenvalue weighted by Crippen LogP contribution is 2.38. The molecule has 0 aliphatic rings. The monoisotopic (exact) mass is 649 g/mol. The zero-order valence-corrected chi connectivity index (χ0v) is 27.3. The molecular formula is C46H27N5. The Morgan fingerprint density at radius 3 is 1.53 bits per heavy atom. The molecule has 0 saturated carbocycles. The van der Waals surface area contributed by atoms with E-state index in [1.165, 1.54) is 5.39 Å². The van der Waals surface area contributed by atoms with E-state index < -0.39 is 0 Å². The Hall–Kier alpha value is -7.16.